The Bertz CT molecular complexity index is 596. The molecule has 0 aliphatic rings. The van der Waals surface area contributed by atoms with Crippen molar-refractivity contribution >= 4 is 11.4 Å². The summed E-state index contributed by atoms with van der Waals surface area (Å²) in [6, 6.07) is 6.53. The molecule has 1 N–H and O–H groups in total. The van der Waals surface area contributed by atoms with Crippen LogP contribution in [-0.4, -0.2) is 27.4 Å². The third kappa shape index (κ3) is 4.48. The van der Waals surface area contributed by atoms with E-state index in [2.05, 4.69) is 10.4 Å². The smallest absolute Gasteiger partial charge is 0.275 e. The largest absolute Gasteiger partial charge is 0.491 e. The van der Waals surface area contributed by atoms with Crippen LogP contribution < -0.4 is 10.1 Å². The van der Waals surface area contributed by atoms with Crippen molar-refractivity contribution in [3.05, 3.63) is 46.8 Å². The molecule has 21 heavy (non-hydrogen) atoms. The van der Waals surface area contributed by atoms with Gasteiger partial charge >= 0.3 is 0 Å². The number of rotatable bonds is 7. The summed E-state index contributed by atoms with van der Waals surface area (Å²) in [6.45, 7) is 5.05. The molecule has 0 bridgehead atoms. The fraction of sp³-hybridized carbons (Fsp3) is 0.357. The maximum Gasteiger partial charge on any atom is 0.275 e. The molecule has 2 aromatic rings. The second-order valence-corrected chi connectivity index (χ2v) is 4.84. The van der Waals surface area contributed by atoms with Crippen molar-refractivity contribution in [1.29, 1.82) is 0 Å². The molecule has 0 aliphatic heterocycles. The molecule has 112 valence electrons. The van der Waals surface area contributed by atoms with Gasteiger partial charge in [-0.1, -0.05) is 0 Å². The summed E-state index contributed by atoms with van der Waals surface area (Å²) in [6.07, 6.45) is 3.54. The predicted molar refractivity (Wildman–Crippen MR) is 79.6 cm³/mol. The fourth-order valence-electron chi connectivity index (χ4n) is 1.88. The zero-order chi connectivity index (χ0) is 15.2. The number of nitrogens with zero attached hydrogens (tertiary/aromatic N) is 3. The Kier molecular flexibility index (Phi) is 4.76. The zero-order valence-electron chi connectivity index (χ0n) is 12.0. The first-order valence-electron chi connectivity index (χ1n) is 6.72. The molecule has 0 amide bonds. The minimum absolute atomic E-state index is 0.00902. The number of nitrogens with one attached hydrogen (secondary N) is 1. The van der Waals surface area contributed by atoms with Crippen molar-refractivity contribution in [2.75, 3.05) is 11.9 Å². The van der Waals surface area contributed by atoms with Crippen LogP contribution in [0.5, 0.6) is 5.75 Å². The highest BCUT2D eigenvalue weighted by Gasteiger charge is 2.11. The fourth-order valence-corrected chi connectivity index (χ4v) is 1.88. The SMILES string of the molecule is CC(C)Oc1cc(NCCn2cccn2)cc([N+](=O)[O-])c1. The lowest BCUT2D eigenvalue weighted by atomic mass is 10.2. The molecule has 1 heterocycles. The van der Waals surface area contributed by atoms with E-state index in [1.165, 1.54) is 12.1 Å². The van der Waals surface area contributed by atoms with Gasteiger partial charge in [0.15, 0.2) is 0 Å². The van der Waals surface area contributed by atoms with E-state index in [9.17, 15) is 10.1 Å². The van der Waals surface area contributed by atoms with Gasteiger partial charge in [-0.25, -0.2) is 0 Å². The van der Waals surface area contributed by atoms with Crippen molar-refractivity contribution in [3.63, 3.8) is 0 Å². The summed E-state index contributed by atoms with van der Waals surface area (Å²) >= 11 is 0. The average molecular weight is 290 g/mol. The Balaban J connectivity index is 2.06. The summed E-state index contributed by atoms with van der Waals surface area (Å²) in [7, 11) is 0. The van der Waals surface area contributed by atoms with E-state index in [4.69, 9.17) is 4.74 Å². The van der Waals surface area contributed by atoms with Crippen LogP contribution in [0, 0.1) is 10.1 Å². The Hall–Kier alpha value is -2.57. The highest BCUT2D eigenvalue weighted by Crippen LogP contribution is 2.26. The van der Waals surface area contributed by atoms with E-state index < -0.39 is 4.92 Å². The zero-order valence-corrected chi connectivity index (χ0v) is 12.0. The number of nitro groups is 1. The van der Waals surface area contributed by atoms with Crippen LogP contribution in [0.4, 0.5) is 11.4 Å². The molecule has 7 heteroatoms. The highest BCUT2D eigenvalue weighted by atomic mass is 16.6. The van der Waals surface area contributed by atoms with E-state index in [1.807, 2.05) is 26.1 Å². The summed E-state index contributed by atoms with van der Waals surface area (Å²) in [4.78, 5) is 10.5. The molecule has 0 aliphatic carbocycles. The van der Waals surface area contributed by atoms with Crippen LogP contribution in [0.3, 0.4) is 0 Å². The lowest BCUT2D eigenvalue weighted by Crippen LogP contribution is -2.11. The van der Waals surface area contributed by atoms with E-state index in [0.717, 1.165) is 0 Å². The maximum absolute atomic E-state index is 11.0. The molecule has 0 atom stereocenters. The van der Waals surface area contributed by atoms with E-state index in [1.54, 1.807) is 16.9 Å². The molecule has 0 spiro atoms. The molecule has 0 saturated heterocycles. The minimum atomic E-state index is -0.425. The van der Waals surface area contributed by atoms with Crippen LogP contribution in [0.25, 0.3) is 0 Å². The van der Waals surface area contributed by atoms with Gasteiger partial charge < -0.3 is 10.1 Å². The van der Waals surface area contributed by atoms with Crippen molar-refractivity contribution in [3.8, 4) is 5.75 Å². The quantitative estimate of drug-likeness (QED) is 0.626. The number of benzene rings is 1. The molecule has 2 rings (SSSR count). The van der Waals surface area contributed by atoms with Crippen molar-refractivity contribution < 1.29 is 9.66 Å². The topological polar surface area (TPSA) is 82.2 Å². The monoisotopic (exact) mass is 290 g/mol. The van der Waals surface area contributed by atoms with Gasteiger partial charge in [-0.05, 0) is 19.9 Å². The third-order valence-corrected chi connectivity index (χ3v) is 2.70. The van der Waals surface area contributed by atoms with Crippen LogP contribution >= 0.6 is 0 Å². The van der Waals surface area contributed by atoms with Gasteiger partial charge in [0.1, 0.15) is 5.75 Å². The van der Waals surface area contributed by atoms with Crippen LogP contribution in [-0.2, 0) is 6.54 Å². The molecule has 0 fully saturated rings. The first-order valence-corrected chi connectivity index (χ1v) is 6.72. The Labute approximate surface area is 122 Å². The number of non-ortho nitro benzene ring substituents is 1. The Morgan fingerprint density at radius 2 is 2.24 bits per heavy atom. The van der Waals surface area contributed by atoms with E-state index in [0.29, 0.717) is 24.5 Å². The first-order chi connectivity index (χ1) is 10.0. The summed E-state index contributed by atoms with van der Waals surface area (Å²) in [5.74, 6) is 0.487. The van der Waals surface area contributed by atoms with Gasteiger partial charge in [-0.2, -0.15) is 5.10 Å². The Morgan fingerprint density at radius 1 is 1.43 bits per heavy atom. The number of ether oxygens (including phenoxy) is 1. The number of hydrogen-bond acceptors (Lipinski definition) is 5. The first kappa shape index (κ1) is 14.8. The van der Waals surface area contributed by atoms with Gasteiger partial charge in [0.2, 0.25) is 0 Å². The molecule has 1 aromatic heterocycles. The number of aromatic nitrogens is 2. The van der Waals surface area contributed by atoms with Gasteiger partial charge in [-0.15, -0.1) is 0 Å². The standard InChI is InChI=1S/C14H18N4O3/c1-11(2)21-14-9-12(8-13(10-14)18(19)20)15-5-7-17-6-3-4-16-17/h3-4,6,8-11,15H,5,7H2,1-2H3. The maximum atomic E-state index is 11.0. The second-order valence-electron chi connectivity index (χ2n) is 4.84. The molecular formula is C14H18N4O3. The van der Waals surface area contributed by atoms with Gasteiger partial charge in [0.05, 0.1) is 23.6 Å². The average Bonchev–Trinajstić information content (AvgIpc) is 2.90. The predicted octanol–water partition coefficient (Wildman–Crippen LogP) is 2.69. The highest BCUT2D eigenvalue weighted by molar-refractivity contribution is 5.56. The van der Waals surface area contributed by atoms with Crippen molar-refractivity contribution in [1.82, 2.24) is 9.78 Å². The van der Waals surface area contributed by atoms with Gasteiger partial charge in [0, 0.05) is 36.8 Å². The van der Waals surface area contributed by atoms with Gasteiger partial charge in [0.25, 0.3) is 5.69 Å². The number of hydrogen-bond donors (Lipinski definition) is 1. The summed E-state index contributed by atoms with van der Waals surface area (Å²) in [5.41, 5.74) is 0.668. The number of anilines is 1. The van der Waals surface area contributed by atoms with Crippen LogP contribution in [0.2, 0.25) is 0 Å². The van der Waals surface area contributed by atoms with E-state index in [-0.39, 0.29) is 11.8 Å². The molecular weight excluding hydrogens is 272 g/mol. The Morgan fingerprint density at radius 3 is 2.86 bits per heavy atom. The van der Waals surface area contributed by atoms with Crippen molar-refractivity contribution in [2.24, 2.45) is 0 Å². The molecule has 0 saturated carbocycles. The normalized spacial score (nSPS) is 10.6. The lowest BCUT2D eigenvalue weighted by Gasteiger charge is -2.12. The minimum Gasteiger partial charge on any atom is -0.491 e. The van der Waals surface area contributed by atoms with Crippen molar-refractivity contribution in [2.45, 2.75) is 26.5 Å². The summed E-state index contributed by atoms with van der Waals surface area (Å²) in [5, 5.41) is 18.2. The lowest BCUT2D eigenvalue weighted by molar-refractivity contribution is -0.384. The number of nitro benzene ring substituents is 1. The van der Waals surface area contributed by atoms with Crippen LogP contribution in [0.15, 0.2) is 36.7 Å². The molecule has 1 aromatic carbocycles. The molecule has 7 nitrogen and oxygen atoms in total. The van der Waals surface area contributed by atoms with Crippen LogP contribution in [0.1, 0.15) is 13.8 Å². The molecule has 0 radical (unpaired) electrons. The second kappa shape index (κ2) is 6.74. The molecule has 0 unspecified atom stereocenters. The summed E-state index contributed by atoms with van der Waals surface area (Å²) < 4.78 is 7.32. The van der Waals surface area contributed by atoms with Gasteiger partial charge in [-0.3, -0.25) is 14.8 Å². The third-order valence-electron chi connectivity index (χ3n) is 2.70. The van der Waals surface area contributed by atoms with E-state index >= 15 is 0 Å².